The van der Waals surface area contributed by atoms with Crippen LogP contribution < -0.4 is 10.2 Å². The second kappa shape index (κ2) is 10.9. The third-order valence-corrected chi connectivity index (χ3v) is 6.06. The highest BCUT2D eigenvalue weighted by molar-refractivity contribution is 6.15. The molecule has 3 rings (SSSR count). The van der Waals surface area contributed by atoms with Crippen LogP contribution in [-0.2, 0) is 4.74 Å². The van der Waals surface area contributed by atoms with Crippen LogP contribution in [0.3, 0.4) is 0 Å². The summed E-state index contributed by atoms with van der Waals surface area (Å²) in [6, 6.07) is 7.19. The Labute approximate surface area is 207 Å². The number of carbonyl (C=O) groups excluding carboxylic acids is 1. The van der Waals surface area contributed by atoms with Crippen molar-refractivity contribution in [3.05, 3.63) is 59.2 Å². The summed E-state index contributed by atoms with van der Waals surface area (Å²) in [6.07, 6.45) is 8.13. The Morgan fingerprint density at radius 3 is 2.49 bits per heavy atom. The maximum Gasteiger partial charge on any atom is 0.262 e. The van der Waals surface area contributed by atoms with Gasteiger partial charge in [0.25, 0.3) is 5.91 Å². The smallest absolute Gasteiger partial charge is 0.262 e. The second-order valence-corrected chi connectivity index (χ2v) is 9.86. The van der Waals surface area contributed by atoms with E-state index < -0.39 is 11.5 Å². The van der Waals surface area contributed by atoms with Gasteiger partial charge in [-0.1, -0.05) is 29.4 Å². The van der Waals surface area contributed by atoms with Gasteiger partial charge >= 0.3 is 0 Å². The number of ether oxygens (including phenoxy) is 1. The number of phenolic OH excluding ortho intramolecular Hbond substituents is 3. The molecule has 0 unspecified atom stereocenters. The molecule has 1 aliphatic rings. The third kappa shape index (κ3) is 6.57. The lowest BCUT2D eigenvalue weighted by Gasteiger charge is -2.30. The van der Waals surface area contributed by atoms with Crippen LogP contribution in [0.2, 0.25) is 0 Å². The van der Waals surface area contributed by atoms with E-state index in [4.69, 9.17) is 4.74 Å². The van der Waals surface area contributed by atoms with Crippen LogP contribution >= 0.6 is 0 Å². The van der Waals surface area contributed by atoms with E-state index in [2.05, 4.69) is 38.2 Å². The topological polar surface area (TPSA) is 102 Å². The molecule has 7 heteroatoms. The van der Waals surface area contributed by atoms with Crippen molar-refractivity contribution in [3.63, 3.8) is 0 Å². The zero-order chi connectivity index (χ0) is 25.8. The lowest BCUT2D eigenvalue weighted by Crippen LogP contribution is -2.37. The number of benzene rings is 2. The predicted octanol–water partition coefficient (Wildman–Crippen LogP) is 6.73. The van der Waals surface area contributed by atoms with E-state index >= 15 is 0 Å². The monoisotopic (exact) mass is 480 g/mol. The van der Waals surface area contributed by atoms with Crippen LogP contribution in [0.5, 0.6) is 17.2 Å². The van der Waals surface area contributed by atoms with Crippen molar-refractivity contribution in [2.75, 3.05) is 16.9 Å². The maximum absolute atomic E-state index is 13.5. The summed E-state index contributed by atoms with van der Waals surface area (Å²) >= 11 is 0. The van der Waals surface area contributed by atoms with Gasteiger partial charge in [-0.3, -0.25) is 9.69 Å². The van der Waals surface area contributed by atoms with Crippen molar-refractivity contribution in [2.45, 2.75) is 65.9 Å². The molecule has 1 heterocycles. The number of aromatic hydroxyl groups is 3. The Morgan fingerprint density at radius 2 is 1.77 bits per heavy atom. The second-order valence-electron chi connectivity index (χ2n) is 9.86. The Bertz CT molecular complexity index is 1150. The highest BCUT2D eigenvalue weighted by Gasteiger charge is 2.32. The van der Waals surface area contributed by atoms with Gasteiger partial charge in [-0.05, 0) is 72.4 Å². The largest absolute Gasteiger partial charge is 0.508 e. The van der Waals surface area contributed by atoms with Crippen molar-refractivity contribution in [1.82, 2.24) is 0 Å². The van der Waals surface area contributed by atoms with Crippen molar-refractivity contribution in [2.24, 2.45) is 0 Å². The first kappa shape index (κ1) is 26.2. The lowest BCUT2D eigenvalue weighted by atomic mass is 10.0. The average Bonchev–Trinajstić information content (AvgIpc) is 2.87. The third-order valence-electron chi connectivity index (χ3n) is 6.06. The molecule has 0 atom stereocenters. The molecule has 0 bridgehead atoms. The van der Waals surface area contributed by atoms with E-state index in [0.29, 0.717) is 0 Å². The Hall–Kier alpha value is -3.45. The fourth-order valence-corrected chi connectivity index (χ4v) is 3.96. The average molecular weight is 481 g/mol. The molecule has 188 valence electrons. The van der Waals surface area contributed by atoms with Gasteiger partial charge in [-0.2, -0.15) is 0 Å². The minimum absolute atomic E-state index is 0.0955. The quantitative estimate of drug-likeness (QED) is 0.180. The normalized spacial score (nSPS) is 13.6. The van der Waals surface area contributed by atoms with Gasteiger partial charge in [0.1, 0.15) is 29.7 Å². The highest BCUT2D eigenvalue weighted by atomic mass is 16.5. The van der Waals surface area contributed by atoms with Crippen LogP contribution in [0.4, 0.5) is 17.1 Å². The van der Waals surface area contributed by atoms with E-state index in [1.165, 1.54) is 34.2 Å². The van der Waals surface area contributed by atoms with Crippen molar-refractivity contribution in [3.8, 4) is 17.2 Å². The molecule has 1 amide bonds. The van der Waals surface area contributed by atoms with Crippen molar-refractivity contribution < 1.29 is 24.9 Å². The van der Waals surface area contributed by atoms with E-state index in [0.717, 1.165) is 25.7 Å². The first-order valence-corrected chi connectivity index (χ1v) is 11.9. The zero-order valence-corrected chi connectivity index (χ0v) is 21.2. The Morgan fingerprint density at radius 1 is 1.03 bits per heavy atom. The molecule has 0 saturated heterocycles. The number of nitrogens with zero attached hydrogens (tertiary/aromatic N) is 1. The molecule has 0 aromatic heterocycles. The van der Waals surface area contributed by atoms with Crippen LogP contribution in [0, 0.1) is 0 Å². The highest BCUT2D eigenvalue weighted by Crippen LogP contribution is 2.45. The molecule has 0 spiro atoms. The molecule has 0 aliphatic carbocycles. The summed E-state index contributed by atoms with van der Waals surface area (Å²) in [4.78, 5) is 14.8. The van der Waals surface area contributed by atoms with Gasteiger partial charge in [0.15, 0.2) is 0 Å². The summed E-state index contributed by atoms with van der Waals surface area (Å²) in [5.41, 5.74) is 3.01. The molecule has 0 saturated carbocycles. The first-order chi connectivity index (χ1) is 16.5. The number of allylic oxidation sites excluding steroid dienone is 4. The molecule has 0 radical (unpaired) electrons. The zero-order valence-electron chi connectivity index (χ0n) is 21.2. The van der Waals surface area contributed by atoms with Gasteiger partial charge in [0.2, 0.25) is 0 Å². The molecule has 2 aromatic carbocycles. The standard InChI is InChI=1S/C28H36N2O5/c1-18(2)9-6-10-19(3)11-8-14-28(4,5)35-17-30-22-15-20(31)16-24(33)26(22)29-25-21(27(30)34)12-7-13-23(25)32/h7,9,11-13,15-16,29,31-33H,6,8,10,14,17H2,1-5H3/b19-11+. The summed E-state index contributed by atoms with van der Waals surface area (Å²) < 4.78 is 6.18. The van der Waals surface area contributed by atoms with Gasteiger partial charge < -0.3 is 25.4 Å². The van der Waals surface area contributed by atoms with Crippen molar-refractivity contribution >= 4 is 23.0 Å². The molecule has 35 heavy (non-hydrogen) atoms. The molecule has 1 aliphatic heterocycles. The summed E-state index contributed by atoms with van der Waals surface area (Å²) in [7, 11) is 0. The van der Waals surface area contributed by atoms with E-state index in [-0.39, 0.29) is 46.6 Å². The van der Waals surface area contributed by atoms with Gasteiger partial charge in [-0.25, -0.2) is 0 Å². The number of amides is 1. The van der Waals surface area contributed by atoms with Crippen molar-refractivity contribution in [1.29, 1.82) is 0 Å². The van der Waals surface area contributed by atoms with Gasteiger partial charge in [-0.15, -0.1) is 0 Å². The number of hydrogen-bond donors (Lipinski definition) is 4. The summed E-state index contributed by atoms with van der Waals surface area (Å²) in [5, 5.41) is 33.9. The Balaban J connectivity index is 1.77. The van der Waals surface area contributed by atoms with E-state index in [1.54, 1.807) is 12.1 Å². The molecule has 7 nitrogen and oxygen atoms in total. The summed E-state index contributed by atoms with van der Waals surface area (Å²) in [5.74, 6) is -0.979. The molecule has 2 aromatic rings. The van der Waals surface area contributed by atoms with Crippen LogP contribution in [0.15, 0.2) is 53.6 Å². The van der Waals surface area contributed by atoms with E-state index in [9.17, 15) is 20.1 Å². The van der Waals surface area contributed by atoms with Gasteiger partial charge in [0, 0.05) is 12.1 Å². The fourth-order valence-electron chi connectivity index (χ4n) is 3.96. The number of rotatable bonds is 9. The fraction of sp³-hybridized carbons (Fsp3) is 0.393. The number of nitrogens with one attached hydrogen (secondary N) is 1. The first-order valence-electron chi connectivity index (χ1n) is 11.9. The molecule has 4 N–H and O–H groups in total. The van der Waals surface area contributed by atoms with Crippen LogP contribution in [0.25, 0.3) is 0 Å². The number of anilines is 3. The number of fused-ring (bicyclic) bond motifs is 2. The minimum atomic E-state index is -0.530. The molecule has 0 fully saturated rings. The number of phenols is 3. The summed E-state index contributed by atoms with van der Waals surface area (Å²) in [6.45, 7) is 10.2. The molecular weight excluding hydrogens is 444 g/mol. The van der Waals surface area contributed by atoms with E-state index in [1.807, 2.05) is 13.8 Å². The lowest BCUT2D eigenvalue weighted by molar-refractivity contribution is -0.0208. The van der Waals surface area contributed by atoms with Crippen LogP contribution in [-0.4, -0.2) is 33.6 Å². The minimum Gasteiger partial charge on any atom is -0.508 e. The SMILES string of the molecule is CC(C)=CCC/C(C)=C/CCC(C)(C)OCN1C(=O)c2cccc(O)c2Nc2c(O)cc(O)cc21. The number of hydrogen-bond acceptors (Lipinski definition) is 6. The number of carbonyl (C=O) groups is 1. The number of para-hydroxylation sites is 1. The maximum atomic E-state index is 13.5. The van der Waals surface area contributed by atoms with Crippen LogP contribution in [0.1, 0.15) is 70.7 Å². The van der Waals surface area contributed by atoms with Gasteiger partial charge in [0.05, 0.1) is 22.5 Å². The molecular formula is C28H36N2O5. The predicted molar refractivity (Wildman–Crippen MR) is 140 cm³/mol. The Kier molecular flexibility index (Phi) is 8.12.